The normalized spacial score (nSPS) is 35.5. The quantitative estimate of drug-likeness (QED) is 0.707. The highest BCUT2D eigenvalue weighted by Crippen LogP contribution is 2.37. The number of likely N-dealkylation sites (tertiary alicyclic amines) is 1. The monoisotopic (exact) mass is 396 g/mol. The first kappa shape index (κ1) is 12.2. The summed E-state index contributed by atoms with van der Waals surface area (Å²) in [5, 5.41) is 0. The van der Waals surface area contributed by atoms with Gasteiger partial charge in [0.25, 0.3) is 0 Å². The van der Waals surface area contributed by atoms with E-state index in [2.05, 4.69) is 0 Å². The van der Waals surface area contributed by atoms with Crippen LogP contribution >= 0.6 is 0 Å². The van der Waals surface area contributed by atoms with Crippen LogP contribution in [0.1, 0.15) is 85.0 Å². The van der Waals surface area contributed by atoms with E-state index in [1.165, 1.54) is 39.0 Å². The predicted molar refractivity (Wildman–Crippen MR) is 112 cm³/mol. The number of piperidine rings is 1. The fourth-order valence-corrected chi connectivity index (χ4v) is 2.65. The minimum Gasteiger partial charge on any atom is -0.444 e. The highest BCUT2D eigenvalue weighted by molar-refractivity contribution is 6.62. The van der Waals surface area contributed by atoms with Crippen LogP contribution < -0.4 is 5.46 Å². The Morgan fingerprint density at radius 3 is 2.32 bits per heavy atom. The van der Waals surface area contributed by atoms with Crippen molar-refractivity contribution < 1.29 is 31.2 Å². The smallest absolute Gasteiger partial charge is 0.444 e. The lowest BCUT2D eigenvalue weighted by Crippen LogP contribution is -2.41. The highest BCUT2D eigenvalue weighted by Gasteiger charge is 2.51. The van der Waals surface area contributed by atoms with Crippen molar-refractivity contribution in [2.75, 3.05) is 13.0 Å². The van der Waals surface area contributed by atoms with Gasteiger partial charge in [-0.3, -0.25) is 0 Å². The van der Waals surface area contributed by atoms with Gasteiger partial charge in [0.05, 0.1) is 11.2 Å². The van der Waals surface area contributed by atoms with Gasteiger partial charge in [0.2, 0.25) is 0 Å². The average molecular weight is 396 g/mol. The maximum absolute atomic E-state index is 12.9. The zero-order chi connectivity index (χ0) is 28.8. The van der Waals surface area contributed by atoms with Gasteiger partial charge in [0, 0.05) is 25.3 Å². The van der Waals surface area contributed by atoms with E-state index in [0.717, 1.165) is 0 Å². The van der Waals surface area contributed by atoms with E-state index < -0.39 is 61.6 Å². The molecule has 0 unspecified atom stereocenters. The minimum absolute atomic E-state index is 0.198. The van der Waals surface area contributed by atoms with Gasteiger partial charge in [-0.1, -0.05) is 24.3 Å². The van der Waals surface area contributed by atoms with Crippen molar-refractivity contribution in [3.8, 4) is 0 Å². The number of hydrogen-bond donors (Lipinski definition) is 0. The van der Waals surface area contributed by atoms with E-state index in [9.17, 15) is 4.79 Å². The first-order valence-electron chi connectivity index (χ1n) is 13.8. The molecule has 0 spiro atoms. The maximum Gasteiger partial charge on any atom is 0.494 e. The Morgan fingerprint density at radius 1 is 1.21 bits per heavy atom. The molecule has 3 rings (SSSR count). The van der Waals surface area contributed by atoms with Crippen LogP contribution in [-0.4, -0.2) is 47.9 Å². The van der Waals surface area contributed by atoms with Crippen LogP contribution in [-0.2, 0) is 14.0 Å². The lowest BCUT2D eigenvalue weighted by molar-refractivity contribution is 0.00578. The molecule has 0 aromatic heterocycles. The van der Waals surface area contributed by atoms with Crippen molar-refractivity contribution in [3.63, 3.8) is 0 Å². The molecule has 1 aromatic rings. The van der Waals surface area contributed by atoms with E-state index in [1.807, 2.05) is 27.7 Å². The molecule has 0 aliphatic carbocycles. The van der Waals surface area contributed by atoms with Gasteiger partial charge in [0.1, 0.15) is 5.60 Å². The van der Waals surface area contributed by atoms with Crippen molar-refractivity contribution >= 4 is 18.7 Å². The molecule has 1 amide bonds. The molecule has 0 N–H and O–H groups in total. The third-order valence-corrected chi connectivity index (χ3v) is 4.86. The van der Waals surface area contributed by atoms with E-state index in [1.54, 1.807) is 6.07 Å². The Hall–Kier alpha value is -1.53. The largest absolute Gasteiger partial charge is 0.494 e. The Labute approximate surface area is 182 Å². The molecule has 2 saturated heterocycles. The van der Waals surface area contributed by atoms with Crippen LogP contribution in [0.4, 0.5) is 4.79 Å². The zero-order valence-electron chi connectivity index (χ0n) is 26.5. The summed E-state index contributed by atoms with van der Waals surface area (Å²) in [6.45, 7) is 4.70. The number of benzene rings is 1. The molecule has 2 aliphatic heterocycles. The lowest BCUT2D eigenvalue weighted by atomic mass is 9.76. The van der Waals surface area contributed by atoms with Crippen molar-refractivity contribution in [1.82, 2.24) is 4.90 Å². The van der Waals surface area contributed by atoms with Gasteiger partial charge in [-0.2, -0.15) is 0 Å². The van der Waals surface area contributed by atoms with Gasteiger partial charge in [-0.25, -0.2) is 4.79 Å². The van der Waals surface area contributed by atoms with Gasteiger partial charge in [-0.15, -0.1) is 0 Å². The molecule has 2 fully saturated rings. The SMILES string of the molecule is [2H]C1([2H])N(C(=O)OC(C)(C)C)C([2H])([2H])C([2H])([2H])C([2H])(c2cccc(B3OC(C)(C)C(C)(C)O3)c2)C1([2H])[2H]. The molecule has 1 aromatic carbocycles. The van der Waals surface area contributed by atoms with Gasteiger partial charge in [-0.05, 0) is 78.1 Å². The van der Waals surface area contributed by atoms with Crippen LogP contribution in [0.15, 0.2) is 24.3 Å². The van der Waals surface area contributed by atoms with E-state index in [4.69, 9.17) is 26.4 Å². The number of ether oxygens (including phenoxy) is 1. The Bertz CT molecular complexity index is 1040. The summed E-state index contributed by atoms with van der Waals surface area (Å²) in [4.78, 5) is 12.7. The Morgan fingerprint density at radius 2 is 1.79 bits per heavy atom. The average Bonchev–Trinajstić information content (AvgIpc) is 2.91. The second-order valence-electron chi connectivity index (χ2n) is 8.88. The topological polar surface area (TPSA) is 48.0 Å². The molecule has 0 radical (unpaired) electrons. The van der Waals surface area contributed by atoms with Gasteiger partial charge in [0.15, 0.2) is 0 Å². The first-order chi connectivity index (χ1) is 16.3. The summed E-state index contributed by atoms with van der Waals surface area (Å²) in [7, 11) is -0.944. The van der Waals surface area contributed by atoms with Crippen molar-refractivity contribution in [1.29, 1.82) is 0 Å². The second-order valence-corrected chi connectivity index (χ2v) is 8.88. The van der Waals surface area contributed by atoms with Crippen LogP contribution in [0.25, 0.3) is 0 Å². The minimum atomic E-state index is -3.49. The first-order valence-corrected chi connectivity index (χ1v) is 9.27. The number of carbonyl (C=O) groups is 1. The predicted octanol–water partition coefficient (Wildman–Crippen LogP) is 4.10. The summed E-state index contributed by atoms with van der Waals surface area (Å²) >= 11 is 0. The molecule has 0 atom stereocenters. The third kappa shape index (κ3) is 4.55. The van der Waals surface area contributed by atoms with Crippen LogP contribution in [0.2, 0.25) is 0 Å². The summed E-state index contributed by atoms with van der Waals surface area (Å²) < 4.78 is 95.2. The summed E-state index contributed by atoms with van der Waals surface area (Å²) in [6, 6.07) is 5.50. The number of rotatable bonds is 2. The number of amides is 1. The van der Waals surface area contributed by atoms with Gasteiger partial charge < -0.3 is 18.9 Å². The van der Waals surface area contributed by atoms with Crippen molar-refractivity contribution in [3.05, 3.63) is 29.8 Å². The summed E-state index contributed by atoms with van der Waals surface area (Å²) in [5.41, 5.74) is -2.65. The Balaban J connectivity index is 2.19. The fourth-order valence-electron chi connectivity index (χ4n) is 2.65. The van der Waals surface area contributed by atoms with Crippen LogP contribution in [0, 0.1) is 0 Å². The summed E-state index contributed by atoms with van der Waals surface area (Å²) in [6.07, 6.45) is -8.50. The molecule has 154 valence electrons. The van der Waals surface area contributed by atoms with E-state index >= 15 is 0 Å². The third-order valence-electron chi connectivity index (χ3n) is 4.86. The van der Waals surface area contributed by atoms with Crippen molar-refractivity contribution in [2.24, 2.45) is 0 Å². The fraction of sp³-hybridized carbons (Fsp3) is 0.682. The number of carbonyl (C=O) groups excluding carboxylic acids is 1. The standard InChI is InChI=1S/C22H34BNO4/c1-20(2,3)26-19(25)24-13-11-16(12-14-24)17-9-8-10-18(15-17)23-27-21(4,5)22(6,7)28-23/h8-10,15-16H,11-14H2,1-7H3/i11D2,12D2,13D2,14D2,16D. The second kappa shape index (κ2) is 7.38. The molecule has 28 heavy (non-hydrogen) atoms. The van der Waals surface area contributed by atoms with Gasteiger partial charge >= 0.3 is 13.2 Å². The molecule has 0 saturated carbocycles. The number of hydrogen-bond acceptors (Lipinski definition) is 4. The summed E-state index contributed by atoms with van der Waals surface area (Å²) in [5.74, 6) is -3.16. The maximum atomic E-state index is 12.9. The molecule has 0 bridgehead atoms. The van der Waals surface area contributed by atoms with Crippen molar-refractivity contribution in [2.45, 2.75) is 83.9 Å². The molecule has 2 heterocycles. The van der Waals surface area contributed by atoms with E-state index in [0.29, 0.717) is 5.46 Å². The number of nitrogens with zero attached hydrogens (tertiary/aromatic N) is 1. The molecular formula is C22H34BNO4. The van der Waals surface area contributed by atoms with E-state index in [-0.39, 0.29) is 10.5 Å². The Kier molecular flexibility index (Phi) is 3.22. The lowest BCUT2D eigenvalue weighted by Gasteiger charge is -2.33. The highest BCUT2D eigenvalue weighted by atomic mass is 16.7. The zero-order valence-corrected chi connectivity index (χ0v) is 17.5. The molecule has 5 nitrogen and oxygen atoms in total. The molecule has 2 aliphatic rings. The van der Waals surface area contributed by atoms with Crippen LogP contribution in [0.3, 0.4) is 0 Å². The molecule has 6 heteroatoms. The van der Waals surface area contributed by atoms with Crippen LogP contribution in [0.5, 0.6) is 0 Å². The molecular weight excluding hydrogens is 353 g/mol.